The summed E-state index contributed by atoms with van der Waals surface area (Å²) in [6, 6.07) is 0.616. The SMILES string of the molecule is CC1(C)CNC1C1CCCO1. The summed E-state index contributed by atoms with van der Waals surface area (Å²) in [5.74, 6) is 0. The van der Waals surface area contributed by atoms with E-state index in [1.54, 1.807) is 0 Å². The van der Waals surface area contributed by atoms with Crippen LogP contribution in [0.5, 0.6) is 0 Å². The van der Waals surface area contributed by atoms with E-state index in [-0.39, 0.29) is 0 Å². The molecule has 2 rings (SSSR count). The van der Waals surface area contributed by atoms with Gasteiger partial charge in [-0.25, -0.2) is 0 Å². The summed E-state index contributed by atoms with van der Waals surface area (Å²) in [5, 5.41) is 3.45. The van der Waals surface area contributed by atoms with E-state index in [4.69, 9.17) is 4.74 Å². The van der Waals surface area contributed by atoms with Crippen LogP contribution in [0.25, 0.3) is 0 Å². The molecule has 0 aromatic heterocycles. The molecule has 64 valence electrons. The monoisotopic (exact) mass is 155 g/mol. The van der Waals surface area contributed by atoms with Gasteiger partial charge in [0.15, 0.2) is 0 Å². The Hall–Kier alpha value is -0.0800. The molecule has 2 fully saturated rings. The van der Waals surface area contributed by atoms with E-state index in [0.717, 1.165) is 13.2 Å². The van der Waals surface area contributed by atoms with Gasteiger partial charge in [0.25, 0.3) is 0 Å². The molecule has 2 aliphatic rings. The number of hydrogen-bond acceptors (Lipinski definition) is 2. The van der Waals surface area contributed by atoms with Crippen LogP contribution in [0.15, 0.2) is 0 Å². The van der Waals surface area contributed by atoms with Crippen molar-refractivity contribution in [3.63, 3.8) is 0 Å². The Kier molecular flexibility index (Phi) is 1.69. The lowest BCUT2D eigenvalue weighted by Crippen LogP contribution is -2.64. The van der Waals surface area contributed by atoms with E-state index in [0.29, 0.717) is 17.6 Å². The molecule has 0 radical (unpaired) electrons. The van der Waals surface area contributed by atoms with Gasteiger partial charge >= 0.3 is 0 Å². The molecule has 0 bridgehead atoms. The van der Waals surface area contributed by atoms with E-state index in [1.165, 1.54) is 12.8 Å². The maximum Gasteiger partial charge on any atom is 0.0734 e. The molecule has 0 aromatic carbocycles. The molecule has 11 heavy (non-hydrogen) atoms. The van der Waals surface area contributed by atoms with Crippen LogP contribution in [0.2, 0.25) is 0 Å². The zero-order valence-electron chi connectivity index (χ0n) is 7.39. The van der Waals surface area contributed by atoms with Crippen LogP contribution < -0.4 is 5.32 Å². The van der Waals surface area contributed by atoms with Crippen molar-refractivity contribution in [1.82, 2.24) is 5.32 Å². The van der Waals surface area contributed by atoms with E-state index >= 15 is 0 Å². The van der Waals surface area contributed by atoms with Crippen molar-refractivity contribution in [1.29, 1.82) is 0 Å². The second kappa shape index (κ2) is 2.46. The molecule has 2 unspecified atom stereocenters. The van der Waals surface area contributed by atoms with Gasteiger partial charge in [-0.3, -0.25) is 0 Å². The van der Waals surface area contributed by atoms with Gasteiger partial charge in [0.05, 0.1) is 6.10 Å². The smallest absolute Gasteiger partial charge is 0.0734 e. The maximum atomic E-state index is 5.63. The van der Waals surface area contributed by atoms with Crippen LogP contribution in [-0.4, -0.2) is 25.3 Å². The van der Waals surface area contributed by atoms with Crippen LogP contribution in [0.4, 0.5) is 0 Å². The molecule has 0 saturated carbocycles. The van der Waals surface area contributed by atoms with Gasteiger partial charge in [0.2, 0.25) is 0 Å². The molecule has 2 heterocycles. The zero-order valence-corrected chi connectivity index (χ0v) is 7.39. The van der Waals surface area contributed by atoms with Gasteiger partial charge < -0.3 is 10.1 Å². The average molecular weight is 155 g/mol. The Balaban J connectivity index is 1.94. The Morgan fingerprint density at radius 1 is 1.45 bits per heavy atom. The highest BCUT2D eigenvalue weighted by atomic mass is 16.5. The number of ether oxygens (including phenoxy) is 1. The fourth-order valence-corrected chi connectivity index (χ4v) is 2.13. The molecular weight excluding hydrogens is 138 g/mol. The van der Waals surface area contributed by atoms with E-state index in [9.17, 15) is 0 Å². The summed E-state index contributed by atoms with van der Waals surface area (Å²) in [4.78, 5) is 0. The second-order valence-electron chi connectivity index (χ2n) is 4.40. The standard InChI is InChI=1S/C9H17NO/c1-9(2)6-10-8(9)7-4-3-5-11-7/h7-8,10H,3-6H2,1-2H3. The molecule has 0 amide bonds. The fraction of sp³-hybridized carbons (Fsp3) is 1.00. The summed E-state index contributed by atoms with van der Waals surface area (Å²) >= 11 is 0. The normalized spacial score (nSPS) is 42.0. The Bertz CT molecular complexity index is 150. The zero-order chi connectivity index (χ0) is 7.90. The molecule has 1 N–H and O–H groups in total. The first-order valence-electron chi connectivity index (χ1n) is 4.55. The first kappa shape index (κ1) is 7.56. The molecular formula is C9H17NO. The van der Waals surface area contributed by atoms with Crippen LogP contribution in [-0.2, 0) is 4.74 Å². The van der Waals surface area contributed by atoms with E-state index in [1.807, 2.05) is 0 Å². The largest absolute Gasteiger partial charge is 0.377 e. The molecule has 0 aliphatic carbocycles. The van der Waals surface area contributed by atoms with E-state index in [2.05, 4.69) is 19.2 Å². The topological polar surface area (TPSA) is 21.3 Å². The lowest BCUT2D eigenvalue weighted by Gasteiger charge is -2.48. The van der Waals surface area contributed by atoms with Crippen molar-refractivity contribution in [3.8, 4) is 0 Å². The van der Waals surface area contributed by atoms with Crippen LogP contribution >= 0.6 is 0 Å². The number of rotatable bonds is 1. The third kappa shape index (κ3) is 1.18. The maximum absolute atomic E-state index is 5.63. The van der Waals surface area contributed by atoms with Gasteiger partial charge in [-0.2, -0.15) is 0 Å². The predicted molar refractivity (Wildman–Crippen MR) is 44.5 cm³/mol. The average Bonchev–Trinajstić information content (AvgIpc) is 2.38. The molecule has 0 spiro atoms. The van der Waals surface area contributed by atoms with Crippen molar-refractivity contribution in [2.75, 3.05) is 13.2 Å². The highest BCUT2D eigenvalue weighted by Gasteiger charge is 2.44. The highest BCUT2D eigenvalue weighted by molar-refractivity contribution is 5.01. The lowest BCUT2D eigenvalue weighted by atomic mass is 9.74. The van der Waals surface area contributed by atoms with Crippen molar-refractivity contribution in [2.45, 2.75) is 38.8 Å². The van der Waals surface area contributed by atoms with Crippen molar-refractivity contribution in [3.05, 3.63) is 0 Å². The van der Waals surface area contributed by atoms with Crippen molar-refractivity contribution in [2.24, 2.45) is 5.41 Å². The van der Waals surface area contributed by atoms with Crippen LogP contribution in [0, 0.1) is 5.41 Å². The first-order valence-corrected chi connectivity index (χ1v) is 4.55. The third-order valence-electron chi connectivity index (χ3n) is 2.96. The fourth-order valence-electron chi connectivity index (χ4n) is 2.13. The van der Waals surface area contributed by atoms with Gasteiger partial charge in [-0.1, -0.05) is 13.8 Å². The molecule has 2 nitrogen and oxygen atoms in total. The molecule has 0 aromatic rings. The minimum atomic E-state index is 0.467. The van der Waals surface area contributed by atoms with E-state index < -0.39 is 0 Å². The van der Waals surface area contributed by atoms with Crippen molar-refractivity contribution < 1.29 is 4.74 Å². The van der Waals surface area contributed by atoms with Gasteiger partial charge in [0.1, 0.15) is 0 Å². The number of nitrogens with one attached hydrogen (secondary N) is 1. The van der Waals surface area contributed by atoms with Crippen LogP contribution in [0.3, 0.4) is 0 Å². The third-order valence-corrected chi connectivity index (χ3v) is 2.96. The van der Waals surface area contributed by atoms with Gasteiger partial charge in [-0.05, 0) is 18.3 Å². The summed E-state index contributed by atoms with van der Waals surface area (Å²) in [6.07, 6.45) is 3.00. The Morgan fingerprint density at radius 2 is 2.27 bits per heavy atom. The summed E-state index contributed by atoms with van der Waals surface area (Å²) in [7, 11) is 0. The number of hydrogen-bond donors (Lipinski definition) is 1. The Labute approximate surface area is 68.3 Å². The predicted octanol–water partition coefficient (Wildman–Crippen LogP) is 1.16. The Morgan fingerprint density at radius 3 is 2.64 bits per heavy atom. The second-order valence-corrected chi connectivity index (χ2v) is 4.40. The molecule has 2 aliphatic heterocycles. The van der Waals surface area contributed by atoms with Crippen molar-refractivity contribution >= 4 is 0 Å². The highest BCUT2D eigenvalue weighted by Crippen LogP contribution is 2.34. The first-order chi connectivity index (χ1) is 5.20. The molecule has 2 heteroatoms. The molecule has 2 saturated heterocycles. The van der Waals surface area contributed by atoms with Gasteiger partial charge in [-0.15, -0.1) is 0 Å². The minimum absolute atomic E-state index is 0.467. The quantitative estimate of drug-likeness (QED) is 0.613. The van der Waals surface area contributed by atoms with Gasteiger partial charge in [0, 0.05) is 19.2 Å². The summed E-state index contributed by atoms with van der Waals surface area (Å²) in [6.45, 7) is 6.75. The summed E-state index contributed by atoms with van der Waals surface area (Å²) < 4.78 is 5.63. The molecule has 2 atom stereocenters. The minimum Gasteiger partial charge on any atom is -0.377 e. The lowest BCUT2D eigenvalue weighted by molar-refractivity contribution is -0.0117. The summed E-state index contributed by atoms with van der Waals surface area (Å²) in [5.41, 5.74) is 0.467. The van der Waals surface area contributed by atoms with Crippen LogP contribution in [0.1, 0.15) is 26.7 Å².